The van der Waals surface area contributed by atoms with Gasteiger partial charge in [0, 0.05) is 17.8 Å². The quantitative estimate of drug-likeness (QED) is 0.783. The fourth-order valence-electron chi connectivity index (χ4n) is 2.32. The van der Waals surface area contributed by atoms with E-state index in [2.05, 4.69) is 10.3 Å². The lowest BCUT2D eigenvalue weighted by molar-refractivity contribution is 0.102. The van der Waals surface area contributed by atoms with Crippen LogP contribution in [0.2, 0.25) is 5.02 Å². The summed E-state index contributed by atoms with van der Waals surface area (Å²) < 4.78 is 6.73. The lowest BCUT2D eigenvalue weighted by Gasteiger charge is -2.06. The van der Waals surface area contributed by atoms with Crippen molar-refractivity contribution >= 4 is 34.3 Å². The van der Waals surface area contributed by atoms with Gasteiger partial charge in [-0.25, -0.2) is 4.98 Å². The van der Waals surface area contributed by atoms with Gasteiger partial charge in [-0.3, -0.25) is 9.59 Å². The first kappa shape index (κ1) is 15.3. The fraction of sp³-hybridized carbons (Fsp3) is 0.188. The topological polar surface area (TPSA) is 77.1 Å². The van der Waals surface area contributed by atoms with Gasteiger partial charge < -0.3 is 14.3 Å². The molecule has 1 amide bonds. The van der Waals surface area contributed by atoms with Gasteiger partial charge in [-0.05, 0) is 31.5 Å². The van der Waals surface area contributed by atoms with Crippen LogP contribution in [0, 0.1) is 13.8 Å². The smallest absolute Gasteiger partial charge is 0.265 e. The van der Waals surface area contributed by atoms with Crippen LogP contribution in [-0.2, 0) is 7.05 Å². The second kappa shape index (κ2) is 5.55. The highest BCUT2D eigenvalue weighted by Gasteiger charge is 2.22. The van der Waals surface area contributed by atoms with Crippen molar-refractivity contribution in [3.05, 3.63) is 56.8 Å². The van der Waals surface area contributed by atoms with E-state index in [0.717, 1.165) is 5.56 Å². The number of anilines is 1. The number of carbonyl (C=O) groups is 1. The summed E-state index contributed by atoms with van der Waals surface area (Å²) in [5, 5.41) is 3.45. The van der Waals surface area contributed by atoms with Crippen LogP contribution in [0.3, 0.4) is 0 Å². The zero-order valence-corrected chi connectivity index (χ0v) is 13.6. The minimum atomic E-state index is -0.439. The summed E-state index contributed by atoms with van der Waals surface area (Å²) in [5.74, 6) is -0.0993. The van der Waals surface area contributed by atoms with E-state index < -0.39 is 5.91 Å². The van der Waals surface area contributed by atoms with Crippen LogP contribution in [-0.4, -0.2) is 15.5 Å². The molecule has 0 saturated carbocycles. The Bertz CT molecular complexity index is 988. The van der Waals surface area contributed by atoms with E-state index in [9.17, 15) is 9.59 Å². The van der Waals surface area contributed by atoms with Gasteiger partial charge in [0.1, 0.15) is 17.5 Å². The first-order valence-corrected chi connectivity index (χ1v) is 7.28. The van der Waals surface area contributed by atoms with Crippen LogP contribution >= 0.6 is 11.6 Å². The monoisotopic (exact) mass is 331 g/mol. The lowest BCUT2D eigenvalue weighted by atomic mass is 10.1. The number of rotatable bonds is 2. The summed E-state index contributed by atoms with van der Waals surface area (Å²) >= 11 is 6.06. The molecule has 0 unspecified atom stereocenters. The molecule has 7 heteroatoms. The first-order valence-electron chi connectivity index (χ1n) is 6.90. The molecule has 0 aliphatic heterocycles. The maximum absolute atomic E-state index is 12.6. The van der Waals surface area contributed by atoms with Crippen molar-refractivity contribution in [3.8, 4) is 0 Å². The van der Waals surface area contributed by atoms with Gasteiger partial charge in [-0.1, -0.05) is 17.7 Å². The maximum Gasteiger partial charge on any atom is 0.265 e. The van der Waals surface area contributed by atoms with Gasteiger partial charge in [0.15, 0.2) is 0 Å². The van der Waals surface area contributed by atoms with E-state index >= 15 is 0 Å². The molecule has 3 rings (SSSR count). The van der Waals surface area contributed by atoms with Crippen LogP contribution in [0.1, 0.15) is 21.7 Å². The Labute approximate surface area is 136 Å². The van der Waals surface area contributed by atoms with Crippen molar-refractivity contribution in [2.75, 3.05) is 5.32 Å². The number of nitrogens with one attached hydrogen (secondary N) is 1. The molecule has 0 spiro atoms. The van der Waals surface area contributed by atoms with E-state index in [1.54, 1.807) is 32.2 Å². The number of halogens is 1. The molecule has 118 valence electrons. The molecular formula is C16H14ClN3O3. The molecule has 0 saturated heterocycles. The molecule has 0 aliphatic carbocycles. The third kappa shape index (κ3) is 2.61. The molecule has 1 aromatic carbocycles. The summed E-state index contributed by atoms with van der Waals surface area (Å²) in [6.07, 6.45) is 1.36. The van der Waals surface area contributed by atoms with Gasteiger partial charge in [-0.15, -0.1) is 0 Å². The Morgan fingerprint density at radius 2 is 2.09 bits per heavy atom. The number of amides is 1. The average molecular weight is 332 g/mol. The number of aromatic nitrogens is 2. The number of aryl methyl sites for hydroxylation is 3. The fourth-order valence-corrected chi connectivity index (χ4v) is 2.51. The molecule has 2 aromatic heterocycles. The highest BCUT2D eigenvalue weighted by molar-refractivity contribution is 6.31. The number of hydrogen-bond donors (Lipinski definition) is 1. The highest BCUT2D eigenvalue weighted by atomic mass is 35.5. The molecule has 0 bridgehead atoms. The van der Waals surface area contributed by atoms with Gasteiger partial charge in [-0.2, -0.15) is 0 Å². The molecule has 1 N–H and O–H groups in total. The third-order valence-corrected chi connectivity index (χ3v) is 4.01. The van der Waals surface area contributed by atoms with Gasteiger partial charge >= 0.3 is 0 Å². The van der Waals surface area contributed by atoms with Crippen molar-refractivity contribution in [2.45, 2.75) is 13.8 Å². The van der Waals surface area contributed by atoms with E-state index in [1.165, 1.54) is 10.9 Å². The van der Waals surface area contributed by atoms with E-state index in [-0.39, 0.29) is 22.2 Å². The summed E-state index contributed by atoms with van der Waals surface area (Å²) in [4.78, 5) is 28.9. The number of nitrogens with zero attached hydrogens (tertiary/aromatic N) is 2. The largest absolute Gasteiger partial charge is 0.442 e. The highest BCUT2D eigenvalue weighted by Crippen LogP contribution is 2.24. The van der Waals surface area contributed by atoms with Crippen LogP contribution in [0.15, 0.2) is 33.7 Å². The van der Waals surface area contributed by atoms with Crippen LogP contribution in [0.25, 0.3) is 11.1 Å². The predicted molar refractivity (Wildman–Crippen MR) is 88.1 cm³/mol. The van der Waals surface area contributed by atoms with E-state index in [1.807, 2.05) is 6.92 Å². The molecule has 3 aromatic rings. The minimum Gasteiger partial charge on any atom is -0.442 e. The lowest BCUT2D eigenvalue weighted by Crippen LogP contribution is -2.20. The van der Waals surface area contributed by atoms with Crippen molar-refractivity contribution in [1.29, 1.82) is 0 Å². The summed E-state index contributed by atoms with van der Waals surface area (Å²) in [7, 11) is 1.57. The van der Waals surface area contributed by atoms with Gasteiger partial charge in [0.2, 0.25) is 5.71 Å². The van der Waals surface area contributed by atoms with E-state index in [4.69, 9.17) is 16.0 Å². The van der Waals surface area contributed by atoms with Crippen LogP contribution in [0.5, 0.6) is 0 Å². The number of carbonyl (C=O) groups excluding carboxylic acids is 1. The SMILES string of the molecule is Cc1ccc(NC(=O)c2c(C)oc3ncn(C)c(=O)c23)cc1Cl. The zero-order chi connectivity index (χ0) is 16.7. The third-order valence-electron chi connectivity index (χ3n) is 3.60. The van der Waals surface area contributed by atoms with Crippen molar-refractivity contribution < 1.29 is 9.21 Å². The average Bonchev–Trinajstić information content (AvgIpc) is 2.84. The standard InChI is InChI=1S/C16H14ClN3O3/c1-8-4-5-10(6-11(8)17)19-14(21)12-9(2)23-15-13(12)16(22)20(3)7-18-15/h4-7H,1-3H3,(H,19,21). The molecule has 6 nitrogen and oxygen atoms in total. The maximum atomic E-state index is 12.6. The Hall–Kier alpha value is -2.60. The second-order valence-corrected chi connectivity index (χ2v) is 5.70. The Morgan fingerprint density at radius 1 is 1.35 bits per heavy atom. The molecular weight excluding hydrogens is 318 g/mol. The Morgan fingerprint density at radius 3 is 2.78 bits per heavy atom. The summed E-state index contributed by atoms with van der Waals surface area (Å²) in [5.41, 5.74) is 1.45. The Kier molecular flexibility index (Phi) is 3.69. The molecule has 0 atom stereocenters. The molecule has 0 fully saturated rings. The molecule has 2 heterocycles. The minimum absolute atomic E-state index is 0.151. The molecule has 23 heavy (non-hydrogen) atoms. The van der Waals surface area contributed by atoms with Crippen LogP contribution in [0.4, 0.5) is 5.69 Å². The zero-order valence-electron chi connectivity index (χ0n) is 12.8. The normalized spacial score (nSPS) is 11.0. The number of hydrogen-bond acceptors (Lipinski definition) is 4. The summed E-state index contributed by atoms with van der Waals surface area (Å²) in [6.45, 7) is 3.50. The first-order chi connectivity index (χ1) is 10.9. The number of furan rings is 1. The van der Waals surface area contributed by atoms with Gasteiger partial charge in [0.05, 0.1) is 5.56 Å². The number of fused-ring (bicyclic) bond motifs is 1. The summed E-state index contributed by atoms with van der Waals surface area (Å²) in [6, 6.07) is 5.20. The molecule has 0 radical (unpaired) electrons. The van der Waals surface area contributed by atoms with Crippen molar-refractivity contribution in [2.24, 2.45) is 7.05 Å². The van der Waals surface area contributed by atoms with Crippen molar-refractivity contribution in [1.82, 2.24) is 9.55 Å². The van der Waals surface area contributed by atoms with Gasteiger partial charge in [0.25, 0.3) is 11.5 Å². The van der Waals surface area contributed by atoms with Crippen LogP contribution < -0.4 is 10.9 Å². The molecule has 0 aliphatic rings. The number of benzene rings is 1. The predicted octanol–water partition coefficient (Wildman–Crippen LogP) is 3.05. The Balaban J connectivity index is 2.07. The van der Waals surface area contributed by atoms with Crippen molar-refractivity contribution in [3.63, 3.8) is 0 Å². The second-order valence-electron chi connectivity index (χ2n) is 5.29. The van der Waals surface area contributed by atoms with E-state index in [0.29, 0.717) is 16.5 Å².